The summed E-state index contributed by atoms with van der Waals surface area (Å²) >= 11 is 0. The van der Waals surface area contributed by atoms with Crippen LogP contribution >= 0.6 is 0 Å². The largest absolute Gasteiger partial charge is 0.380 e. The van der Waals surface area contributed by atoms with Gasteiger partial charge in [0, 0.05) is 12.7 Å². The number of nitrogens with zero attached hydrogens (tertiary/aromatic N) is 2. The summed E-state index contributed by atoms with van der Waals surface area (Å²) in [6.07, 6.45) is 5.84. The van der Waals surface area contributed by atoms with Crippen LogP contribution in [0.3, 0.4) is 0 Å². The number of terminal acetylenes is 1. The number of aliphatic hydroxyl groups is 1. The fraction of sp³-hybridized carbons (Fsp3) is 0.545. The molecule has 0 aromatic carbocycles. The van der Waals surface area contributed by atoms with E-state index >= 15 is 0 Å². The van der Waals surface area contributed by atoms with Crippen LogP contribution in [0.25, 0.3) is 0 Å². The zero-order chi connectivity index (χ0) is 10.7. The summed E-state index contributed by atoms with van der Waals surface area (Å²) in [5, 5.41) is 13.5. The average Bonchev–Trinajstić information content (AvgIpc) is 2.39. The Kier molecular flexibility index (Phi) is 3.32. The lowest BCUT2D eigenvalue weighted by atomic mass is 10.1. The van der Waals surface area contributed by atoms with Gasteiger partial charge in [0.2, 0.25) is 0 Å². The summed E-state index contributed by atoms with van der Waals surface area (Å²) in [5.41, 5.74) is 3.36. The second-order valence-electron chi connectivity index (χ2n) is 3.49. The van der Waals surface area contributed by atoms with Crippen molar-refractivity contribution in [2.24, 2.45) is 7.05 Å². The van der Waals surface area contributed by atoms with E-state index in [0.29, 0.717) is 6.42 Å². The van der Waals surface area contributed by atoms with Gasteiger partial charge in [-0.1, -0.05) is 5.92 Å². The highest BCUT2D eigenvalue weighted by molar-refractivity contribution is 5.24. The third kappa shape index (κ3) is 2.15. The molecule has 0 bridgehead atoms. The number of aryl methyl sites for hydroxylation is 2. The topological polar surface area (TPSA) is 38.1 Å². The summed E-state index contributed by atoms with van der Waals surface area (Å²) in [6.45, 7) is 4.00. The normalized spacial score (nSPS) is 12.5. The second-order valence-corrected chi connectivity index (χ2v) is 3.49. The van der Waals surface area contributed by atoms with E-state index in [1.165, 1.54) is 5.56 Å². The molecule has 1 N–H and O–H groups in total. The first-order valence-electron chi connectivity index (χ1n) is 4.69. The summed E-state index contributed by atoms with van der Waals surface area (Å²) in [7, 11) is 1.92. The van der Waals surface area contributed by atoms with Gasteiger partial charge in [0.15, 0.2) is 0 Å². The molecule has 0 aliphatic rings. The molecule has 1 unspecified atom stereocenters. The van der Waals surface area contributed by atoms with Crippen molar-refractivity contribution in [3.8, 4) is 12.3 Å². The van der Waals surface area contributed by atoms with E-state index in [0.717, 1.165) is 17.8 Å². The molecule has 0 aliphatic heterocycles. The van der Waals surface area contributed by atoms with Gasteiger partial charge in [-0.15, -0.1) is 6.42 Å². The quantitative estimate of drug-likeness (QED) is 0.724. The van der Waals surface area contributed by atoms with Crippen LogP contribution in [-0.4, -0.2) is 21.0 Å². The Morgan fingerprint density at radius 2 is 2.21 bits per heavy atom. The highest BCUT2D eigenvalue weighted by Crippen LogP contribution is 2.14. The molecule has 76 valence electrons. The van der Waals surface area contributed by atoms with Crippen LogP contribution < -0.4 is 0 Å². The molecule has 1 heterocycles. The Morgan fingerprint density at radius 1 is 1.57 bits per heavy atom. The first kappa shape index (κ1) is 10.8. The van der Waals surface area contributed by atoms with Gasteiger partial charge in [0.1, 0.15) is 6.10 Å². The molecular weight excluding hydrogens is 176 g/mol. The van der Waals surface area contributed by atoms with Crippen LogP contribution in [0.2, 0.25) is 0 Å². The Labute approximate surface area is 84.8 Å². The van der Waals surface area contributed by atoms with Crippen molar-refractivity contribution in [1.82, 2.24) is 9.78 Å². The van der Waals surface area contributed by atoms with Gasteiger partial charge >= 0.3 is 0 Å². The summed E-state index contributed by atoms with van der Waals surface area (Å²) in [5.74, 6) is 2.31. The van der Waals surface area contributed by atoms with Crippen molar-refractivity contribution >= 4 is 0 Å². The van der Waals surface area contributed by atoms with Crippen molar-refractivity contribution in [1.29, 1.82) is 0 Å². The minimum Gasteiger partial charge on any atom is -0.380 e. The highest BCUT2D eigenvalue weighted by Gasteiger charge is 2.10. The number of hydrogen-bond donors (Lipinski definition) is 1. The Bertz CT molecular complexity index is 360. The molecular formula is C11H16N2O. The zero-order valence-electron chi connectivity index (χ0n) is 8.91. The third-order valence-corrected chi connectivity index (χ3v) is 2.52. The molecule has 1 aromatic heterocycles. The SMILES string of the molecule is C#CC(O)CCc1c(C)nn(C)c1C. The molecule has 0 saturated carbocycles. The molecule has 14 heavy (non-hydrogen) atoms. The molecule has 3 nitrogen and oxygen atoms in total. The average molecular weight is 192 g/mol. The number of rotatable bonds is 3. The van der Waals surface area contributed by atoms with Crippen LogP contribution in [0.5, 0.6) is 0 Å². The van der Waals surface area contributed by atoms with Crippen LogP contribution in [0.15, 0.2) is 0 Å². The molecule has 0 aliphatic carbocycles. The van der Waals surface area contributed by atoms with E-state index < -0.39 is 6.10 Å². The minimum atomic E-state index is -0.644. The van der Waals surface area contributed by atoms with Gasteiger partial charge in [0.25, 0.3) is 0 Å². The Morgan fingerprint density at radius 3 is 2.64 bits per heavy atom. The number of aromatic nitrogens is 2. The molecule has 1 aromatic rings. The molecule has 3 heteroatoms. The smallest absolute Gasteiger partial charge is 0.114 e. The fourth-order valence-electron chi connectivity index (χ4n) is 1.54. The lowest BCUT2D eigenvalue weighted by Crippen LogP contribution is -2.05. The van der Waals surface area contributed by atoms with Gasteiger partial charge < -0.3 is 5.11 Å². The zero-order valence-corrected chi connectivity index (χ0v) is 8.91. The molecule has 0 amide bonds. The Hall–Kier alpha value is -1.27. The van der Waals surface area contributed by atoms with E-state index in [4.69, 9.17) is 6.42 Å². The molecule has 0 radical (unpaired) electrons. The van der Waals surface area contributed by atoms with E-state index in [1.807, 2.05) is 25.6 Å². The van der Waals surface area contributed by atoms with Gasteiger partial charge in [-0.3, -0.25) is 4.68 Å². The lowest BCUT2D eigenvalue weighted by Gasteiger charge is -2.03. The van der Waals surface area contributed by atoms with Crippen LogP contribution in [0, 0.1) is 26.2 Å². The molecule has 0 spiro atoms. The molecule has 0 saturated heterocycles. The van der Waals surface area contributed by atoms with Crippen molar-refractivity contribution in [3.05, 3.63) is 17.0 Å². The predicted molar refractivity (Wildman–Crippen MR) is 55.8 cm³/mol. The van der Waals surface area contributed by atoms with E-state index in [2.05, 4.69) is 11.0 Å². The predicted octanol–water partition coefficient (Wildman–Crippen LogP) is 0.964. The maximum atomic E-state index is 9.24. The van der Waals surface area contributed by atoms with Gasteiger partial charge in [-0.25, -0.2) is 0 Å². The minimum absolute atomic E-state index is 0.601. The molecule has 1 rings (SSSR count). The fourth-order valence-corrected chi connectivity index (χ4v) is 1.54. The maximum absolute atomic E-state index is 9.24. The summed E-state index contributed by atoms with van der Waals surface area (Å²) in [6, 6.07) is 0. The first-order chi connectivity index (χ1) is 6.56. The van der Waals surface area contributed by atoms with Crippen molar-refractivity contribution in [2.75, 3.05) is 0 Å². The van der Waals surface area contributed by atoms with Gasteiger partial charge in [0.05, 0.1) is 5.69 Å². The highest BCUT2D eigenvalue weighted by atomic mass is 16.3. The van der Waals surface area contributed by atoms with E-state index in [1.54, 1.807) is 0 Å². The third-order valence-electron chi connectivity index (χ3n) is 2.52. The van der Waals surface area contributed by atoms with Crippen molar-refractivity contribution in [3.63, 3.8) is 0 Å². The van der Waals surface area contributed by atoms with E-state index in [9.17, 15) is 5.11 Å². The van der Waals surface area contributed by atoms with Crippen LogP contribution in [0.1, 0.15) is 23.4 Å². The van der Waals surface area contributed by atoms with Gasteiger partial charge in [-0.2, -0.15) is 5.10 Å². The van der Waals surface area contributed by atoms with Crippen molar-refractivity contribution in [2.45, 2.75) is 32.8 Å². The van der Waals surface area contributed by atoms with Crippen molar-refractivity contribution < 1.29 is 5.11 Å². The summed E-state index contributed by atoms with van der Waals surface area (Å²) in [4.78, 5) is 0. The summed E-state index contributed by atoms with van der Waals surface area (Å²) < 4.78 is 1.85. The van der Waals surface area contributed by atoms with E-state index in [-0.39, 0.29) is 0 Å². The lowest BCUT2D eigenvalue weighted by molar-refractivity contribution is 0.222. The second kappa shape index (κ2) is 4.30. The number of aliphatic hydroxyl groups excluding tert-OH is 1. The van der Waals surface area contributed by atoms with Gasteiger partial charge in [-0.05, 0) is 32.3 Å². The maximum Gasteiger partial charge on any atom is 0.114 e. The molecule has 1 atom stereocenters. The monoisotopic (exact) mass is 192 g/mol. The number of hydrogen-bond acceptors (Lipinski definition) is 2. The molecule has 0 fully saturated rings. The first-order valence-corrected chi connectivity index (χ1v) is 4.69. The Balaban J connectivity index is 2.73. The van der Waals surface area contributed by atoms with Crippen LogP contribution in [0.4, 0.5) is 0 Å². The van der Waals surface area contributed by atoms with Crippen LogP contribution in [-0.2, 0) is 13.5 Å². The standard InChI is InChI=1S/C11H16N2O/c1-5-10(14)6-7-11-8(2)12-13(4)9(11)3/h1,10,14H,6-7H2,2-4H3.